The highest BCUT2D eigenvalue weighted by Gasteiger charge is 2.27. The lowest BCUT2D eigenvalue weighted by atomic mass is 9.94. The Kier molecular flexibility index (Phi) is 5.31. The molecule has 5 heteroatoms. The van der Waals surface area contributed by atoms with Crippen molar-refractivity contribution < 1.29 is 18.9 Å². The second kappa shape index (κ2) is 7.00. The monoisotopic (exact) mass is 295 g/mol. The highest BCUT2D eigenvalue weighted by Crippen LogP contribution is 2.34. The quantitative estimate of drug-likeness (QED) is 0.873. The molecule has 1 aromatic carbocycles. The van der Waals surface area contributed by atoms with Crippen molar-refractivity contribution in [2.24, 2.45) is 0 Å². The van der Waals surface area contributed by atoms with Crippen molar-refractivity contribution in [2.75, 3.05) is 34.5 Å². The summed E-state index contributed by atoms with van der Waals surface area (Å²) in [5, 5.41) is 3.58. The van der Waals surface area contributed by atoms with Gasteiger partial charge in [-0.15, -0.1) is 0 Å². The number of ether oxygens (including phenoxy) is 4. The molecule has 1 fully saturated rings. The molecular weight excluding hydrogens is 270 g/mol. The summed E-state index contributed by atoms with van der Waals surface area (Å²) in [5.41, 5.74) is 0.987. The molecular formula is C16H25NO4. The van der Waals surface area contributed by atoms with Crippen LogP contribution >= 0.6 is 0 Å². The number of methoxy groups -OCH3 is 3. The highest BCUT2D eigenvalue weighted by molar-refractivity contribution is 5.50. The van der Waals surface area contributed by atoms with E-state index in [0.29, 0.717) is 6.54 Å². The van der Waals surface area contributed by atoms with Gasteiger partial charge < -0.3 is 24.3 Å². The summed E-state index contributed by atoms with van der Waals surface area (Å²) in [5.74, 6) is 2.25. The van der Waals surface area contributed by atoms with E-state index in [1.807, 2.05) is 12.1 Å². The van der Waals surface area contributed by atoms with Gasteiger partial charge in [-0.25, -0.2) is 0 Å². The van der Waals surface area contributed by atoms with Crippen LogP contribution in [0.1, 0.15) is 25.3 Å². The lowest BCUT2D eigenvalue weighted by Gasteiger charge is -2.34. The van der Waals surface area contributed by atoms with Crippen LogP contribution in [0.2, 0.25) is 0 Å². The largest absolute Gasteiger partial charge is 0.496 e. The van der Waals surface area contributed by atoms with E-state index in [1.54, 1.807) is 21.3 Å². The first-order chi connectivity index (χ1) is 10.1. The molecule has 1 saturated heterocycles. The Hall–Kier alpha value is -1.46. The van der Waals surface area contributed by atoms with Crippen molar-refractivity contribution in [3.63, 3.8) is 0 Å². The molecule has 21 heavy (non-hydrogen) atoms. The highest BCUT2D eigenvalue weighted by atomic mass is 16.5. The van der Waals surface area contributed by atoms with Crippen LogP contribution in [0.5, 0.6) is 17.2 Å². The van der Waals surface area contributed by atoms with Crippen LogP contribution in [0.25, 0.3) is 0 Å². The Morgan fingerprint density at radius 3 is 2.29 bits per heavy atom. The van der Waals surface area contributed by atoms with Crippen molar-refractivity contribution >= 4 is 0 Å². The molecule has 118 valence electrons. The van der Waals surface area contributed by atoms with Crippen LogP contribution < -0.4 is 19.5 Å². The molecule has 1 aliphatic heterocycles. The molecule has 0 radical (unpaired) electrons. The van der Waals surface area contributed by atoms with Gasteiger partial charge in [-0.3, -0.25) is 0 Å². The fourth-order valence-electron chi connectivity index (χ4n) is 2.63. The Balaban J connectivity index is 2.17. The van der Waals surface area contributed by atoms with Gasteiger partial charge >= 0.3 is 0 Å². The van der Waals surface area contributed by atoms with Gasteiger partial charge in [0.15, 0.2) is 0 Å². The Morgan fingerprint density at radius 2 is 1.81 bits per heavy atom. The Labute approximate surface area is 126 Å². The summed E-state index contributed by atoms with van der Waals surface area (Å²) < 4.78 is 21.8. The second-order valence-corrected chi connectivity index (χ2v) is 5.58. The summed E-state index contributed by atoms with van der Waals surface area (Å²) in [6.07, 6.45) is 2.19. The van der Waals surface area contributed by atoms with Gasteiger partial charge in [-0.2, -0.15) is 0 Å². The number of benzene rings is 1. The number of rotatable bonds is 6. The third-order valence-corrected chi connectivity index (χ3v) is 3.95. The average Bonchev–Trinajstić information content (AvgIpc) is 2.52. The van der Waals surface area contributed by atoms with Crippen LogP contribution in [0, 0.1) is 0 Å². The van der Waals surface area contributed by atoms with E-state index < -0.39 is 0 Å². The summed E-state index contributed by atoms with van der Waals surface area (Å²) >= 11 is 0. The zero-order valence-corrected chi connectivity index (χ0v) is 13.3. The summed E-state index contributed by atoms with van der Waals surface area (Å²) in [6.45, 7) is 4.44. The van der Waals surface area contributed by atoms with Gasteiger partial charge in [0.05, 0.1) is 33.5 Å². The predicted molar refractivity (Wildman–Crippen MR) is 81.4 cm³/mol. The van der Waals surface area contributed by atoms with Gasteiger partial charge in [-0.1, -0.05) is 0 Å². The maximum absolute atomic E-state index is 5.58. The maximum atomic E-state index is 5.58. The number of hydrogen-bond acceptors (Lipinski definition) is 5. The van der Waals surface area contributed by atoms with Gasteiger partial charge in [0, 0.05) is 30.8 Å². The summed E-state index contributed by atoms with van der Waals surface area (Å²) in [4.78, 5) is 0. The van der Waals surface area contributed by atoms with Crippen molar-refractivity contribution in [2.45, 2.75) is 31.8 Å². The van der Waals surface area contributed by atoms with E-state index in [-0.39, 0.29) is 5.54 Å². The third-order valence-electron chi connectivity index (χ3n) is 3.95. The Bertz CT molecular complexity index is 444. The van der Waals surface area contributed by atoms with E-state index in [0.717, 1.165) is 48.9 Å². The first kappa shape index (κ1) is 15.9. The molecule has 0 bridgehead atoms. The minimum atomic E-state index is -0.00575. The minimum absolute atomic E-state index is 0.00575. The molecule has 2 rings (SSSR count). The lowest BCUT2D eigenvalue weighted by molar-refractivity contribution is 0.0276. The van der Waals surface area contributed by atoms with Crippen LogP contribution in [0.3, 0.4) is 0 Å². The molecule has 0 amide bonds. The molecule has 1 aliphatic rings. The van der Waals surface area contributed by atoms with E-state index >= 15 is 0 Å². The first-order valence-corrected chi connectivity index (χ1v) is 7.23. The molecule has 1 unspecified atom stereocenters. The van der Waals surface area contributed by atoms with Crippen LogP contribution in [0.15, 0.2) is 12.1 Å². The van der Waals surface area contributed by atoms with Crippen molar-refractivity contribution in [3.05, 3.63) is 17.7 Å². The normalized spacial score (nSPS) is 21.9. The third kappa shape index (κ3) is 3.80. The van der Waals surface area contributed by atoms with Crippen molar-refractivity contribution in [3.8, 4) is 17.2 Å². The molecule has 1 aromatic rings. The number of nitrogens with one attached hydrogen (secondary N) is 1. The zero-order valence-electron chi connectivity index (χ0n) is 13.3. The summed E-state index contributed by atoms with van der Waals surface area (Å²) in [6, 6.07) is 3.75. The maximum Gasteiger partial charge on any atom is 0.130 e. The molecule has 1 atom stereocenters. The van der Waals surface area contributed by atoms with E-state index in [1.165, 1.54) is 0 Å². The smallest absolute Gasteiger partial charge is 0.130 e. The fraction of sp³-hybridized carbons (Fsp3) is 0.625. The van der Waals surface area contributed by atoms with Crippen molar-refractivity contribution in [1.82, 2.24) is 5.32 Å². The van der Waals surface area contributed by atoms with E-state index in [9.17, 15) is 0 Å². The molecule has 5 nitrogen and oxygen atoms in total. The van der Waals surface area contributed by atoms with Gasteiger partial charge in [0.25, 0.3) is 0 Å². The molecule has 0 saturated carbocycles. The van der Waals surface area contributed by atoms with Crippen molar-refractivity contribution in [1.29, 1.82) is 0 Å². The molecule has 0 aliphatic carbocycles. The first-order valence-electron chi connectivity index (χ1n) is 7.23. The average molecular weight is 295 g/mol. The van der Waals surface area contributed by atoms with Gasteiger partial charge in [-0.05, 0) is 19.8 Å². The van der Waals surface area contributed by atoms with Crippen LogP contribution in [-0.4, -0.2) is 40.1 Å². The van der Waals surface area contributed by atoms with E-state index in [2.05, 4.69) is 12.2 Å². The summed E-state index contributed by atoms with van der Waals surface area (Å²) in [7, 11) is 4.94. The van der Waals surface area contributed by atoms with Gasteiger partial charge in [0.1, 0.15) is 17.2 Å². The Morgan fingerprint density at radius 1 is 1.14 bits per heavy atom. The zero-order chi connectivity index (χ0) is 15.3. The minimum Gasteiger partial charge on any atom is -0.496 e. The molecule has 0 spiro atoms. The lowest BCUT2D eigenvalue weighted by Crippen LogP contribution is -2.48. The standard InChI is InChI=1S/C16H25NO4/c1-16(6-5-7-21-11-16)17-10-13-14(19-3)8-12(18-2)9-15(13)20-4/h8-9,17H,5-7,10-11H2,1-4H3. The van der Waals surface area contributed by atoms with Crippen LogP contribution in [-0.2, 0) is 11.3 Å². The topological polar surface area (TPSA) is 49.0 Å². The fourth-order valence-corrected chi connectivity index (χ4v) is 2.63. The van der Waals surface area contributed by atoms with Crippen LogP contribution in [0.4, 0.5) is 0 Å². The number of hydrogen-bond donors (Lipinski definition) is 1. The SMILES string of the molecule is COc1cc(OC)c(CNC2(C)CCCOC2)c(OC)c1. The predicted octanol–water partition coefficient (Wildman–Crippen LogP) is 2.37. The second-order valence-electron chi connectivity index (χ2n) is 5.58. The molecule has 1 heterocycles. The van der Waals surface area contributed by atoms with Gasteiger partial charge in [0.2, 0.25) is 0 Å². The molecule has 1 N–H and O–H groups in total. The molecule has 0 aromatic heterocycles. The van der Waals surface area contributed by atoms with E-state index in [4.69, 9.17) is 18.9 Å².